The Labute approximate surface area is 363 Å². The zero-order valence-corrected chi connectivity index (χ0v) is 36.5. The fourth-order valence-corrected chi connectivity index (χ4v) is 6.18. The summed E-state index contributed by atoms with van der Waals surface area (Å²) in [5.41, 5.74) is 4.31. The summed E-state index contributed by atoms with van der Waals surface area (Å²) in [6.45, 7) is 5.32. The van der Waals surface area contributed by atoms with Gasteiger partial charge in [-0.05, 0) is 96.8 Å². The quantitative estimate of drug-likeness (QED) is 0.0326. The molecule has 0 heterocycles. The molecule has 4 unspecified atom stereocenters. The first-order valence-electron chi connectivity index (χ1n) is 19.6. The molecule has 0 radical (unpaired) electrons. The van der Waals surface area contributed by atoms with Crippen LogP contribution < -0.4 is 30.3 Å². The average Bonchev–Trinajstić information content (AvgIpc) is 3.22. The summed E-state index contributed by atoms with van der Waals surface area (Å²) in [5, 5.41) is 64.6. The highest BCUT2D eigenvalue weighted by Gasteiger charge is 2.30. The first-order valence-corrected chi connectivity index (χ1v) is 19.6. The second-order valence-electron chi connectivity index (χ2n) is 15.8. The molecule has 6 N–H and O–H groups in total. The van der Waals surface area contributed by atoms with E-state index in [0.29, 0.717) is 58.2 Å². The average molecular weight is 861 g/mol. The van der Waals surface area contributed by atoms with Crippen LogP contribution in [0.3, 0.4) is 0 Å². The summed E-state index contributed by atoms with van der Waals surface area (Å²) < 4.78 is 11.6. The minimum atomic E-state index is -1.55. The van der Waals surface area contributed by atoms with Crippen molar-refractivity contribution in [2.24, 2.45) is 0 Å². The van der Waals surface area contributed by atoms with Gasteiger partial charge in [0.05, 0.1) is 77.8 Å². The van der Waals surface area contributed by atoms with Crippen molar-refractivity contribution in [3.05, 3.63) is 119 Å². The van der Waals surface area contributed by atoms with Crippen molar-refractivity contribution in [3.8, 4) is 23.0 Å². The predicted octanol–water partition coefficient (Wildman–Crippen LogP) is 2.46. The molecule has 0 fully saturated rings. The van der Waals surface area contributed by atoms with Gasteiger partial charge in [0.15, 0.2) is 0 Å². The van der Waals surface area contributed by atoms with Crippen molar-refractivity contribution in [2.75, 3.05) is 66.1 Å². The van der Waals surface area contributed by atoms with Gasteiger partial charge in [-0.1, -0.05) is 36.4 Å². The number of nitrogens with zero attached hydrogens (tertiary/aromatic N) is 2. The lowest BCUT2D eigenvalue weighted by molar-refractivity contribution is -0.916. The number of phenolic OH excluding ortho intramolecular Hbond substituents is 2. The molecular formula is C46H60N4O12. The van der Waals surface area contributed by atoms with E-state index >= 15 is 0 Å². The maximum atomic E-state index is 10.7. The van der Waals surface area contributed by atoms with Gasteiger partial charge >= 0.3 is 0 Å². The molecule has 16 nitrogen and oxygen atoms in total. The SMILES string of the molecule is COc1ccc(CC(C)[N+](C)(C)CC(O)c2ccc(O)c(NC=O)c2)cc1.COc1ccc(CC(C)[N+](C)(C)CC(O)c2ccc(O)c(NC=O)c2)cc1.O=C([O-])/C=C/C(=O)[O-]. The summed E-state index contributed by atoms with van der Waals surface area (Å²) in [5.74, 6) is -1.48. The van der Waals surface area contributed by atoms with Gasteiger partial charge in [0.2, 0.25) is 12.8 Å². The molecule has 0 aromatic heterocycles. The van der Waals surface area contributed by atoms with Gasteiger partial charge in [-0.3, -0.25) is 9.59 Å². The number of hydrogen-bond acceptors (Lipinski definition) is 12. The Kier molecular flexibility index (Phi) is 20.6. The summed E-state index contributed by atoms with van der Waals surface area (Å²) in [4.78, 5) is 40.1. The molecule has 62 heavy (non-hydrogen) atoms. The van der Waals surface area contributed by atoms with Gasteiger partial charge < -0.3 is 69.3 Å². The topological polar surface area (TPSA) is 238 Å². The Morgan fingerprint density at radius 1 is 0.613 bits per heavy atom. The number of amides is 2. The van der Waals surface area contributed by atoms with Crippen LogP contribution in [0.2, 0.25) is 0 Å². The largest absolute Gasteiger partial charge is 0.545 e. The number of likely N-dealkylation sites (N-methyl/N-ethyl adjacent to an activating group) is 2. The van der Waals surface area contributed by atoms with Gasteiger partial charge in [-0.2, -0.15) is 0 Å². The van der Waals surface area contributed by atoms with Crippen molar-refractivity contribution in [1.82, 2.24) is 0 Å². The third-order valence-corrected chi connectivity index (χ3v) is 10.6. The number of rotatable bonds is 20. The van der Waals surface area contributed by atoms with Crippen LogP contribution in [0, 0.1) is 0 Å². The standard InChI is InChI=1S/2C21H28N2O4.C4H4O4/c2*1-15(11-16-5-8-18(27-4)9-6-16)23(2,3)13-21(26)17-7-10-20(25)19(12-17)22-14-24;5-3(6)1-2-4(7)8/h2*5-10,12,14-15,21,26H,11,13H2,1-4H3,(H-,22,24,25);1-2H,(H,5,6)(H,7,8)/b;;2-1+. The summed E-state index contributed by atoms with van der Waals surface area (Å²) >= 11 is 0. The molecule has 2 amide bonds. The molecule has 336 valence electrons. The molecule has 0 aliphatic carbocycles. The molecule has 0 aliphatic heterocycles. The monoisotopic (exact) mass is 860 g/mol. The number of carbonyl (C=O) groups excluding carboxylic acids is 4. The molecule has 0 saturated heterocycles. The fraction of sp³-hybridized carbons (Fsp3) is 0.348. The number of methoxy groups -OCH3 is 2. The Balaban J connectivity index is 0.000000363. The van der Waals surface area contributed by atoms with Crippen molar-refractivity contribution < 1.29 is 68.3 Å². The normalized spacial score (nSPS) is 13.1. The van der Waals surface area contributed by atoms with E-state index in [1.165, 1.54) is 23.3 Å². The first kappa shape index (κ1) is 51.7. The van der Waals surface area contributed by atoms with Crippen LogP contribution in [0.25, 0.3) is 0 Å². The highest BCUT2D eigenvalue weighted by Crippen LogP contribution is 2.30. The third kappa shape index (κ3) is 17.3. The number of aliphatic carboxylic acids is 2. The summed E-state index contributed by atoms with van der Waals surface area (Å²) in [6.07, 6.45) is 2.08. The molecular weight excluding hydrogens is 801 g/mol. The second kappa shape index (κ2) is 24.7. The van der Waals surface area contributed by atoms with Crippen LogP contribution in [0.15, 0.2) is 97.1 Å². The van der Waals surface area contributed by atoms with Crippen LogP contribution in [-0.2, 0) is 32.0 Å². The molecule has 4 aromatic carbocycles. The second-order valence-corrected chi connectivity index (χ2v) is 15.8. The highest BCUT2D eigenvalue weighted by molar-refractivity contribution is 5.87. The number of carbonyl (C=O) groups is 4. The van der Waals surface area contributed by atoms with Crippen molar-refractivity contribution >= 4 is 36.1 Å². The number of aromatic hydroxyl groups is 2. The Morgan fingerprint density at radius 2 is 0.935 bits per heavy atom. The van der Waals surface area contributed by atoms with Gasteiger partial charge in [-0.15, -0.1) is 0 Å². The van der Waals surface area contributed by atoms with Crippen molar-refractivity contribution in [3.63, 3.8) is 0 Å². The van der Waals surface area contributed by atoms with Gasteiger partial charge in [0, 0.05) is 12.8 Å². The number of phenols is 2. The zero-order chi connectivity index (χ0) is 46.6. The Bertz CT molecular complexity index is 1920. The lowest BCUT2D eigenvalue weighted by atomic mass is 10.0. The van der Waals surface area contributed by atoms with Crippen LogP contribution in [0.5, 0.6) is 23.0 Å². The van der Waals surface area contributed by atoms with E-state index in [1.54, 1.807) is 38.5 Å². The number of anilines is 2. The predicted molar refractivity (Wildman–Crippen MR) is 231 cm³/mol. The number of hydrogen-bond donors (Lipinski definition) is 6. The molecule has 0 saturated carbocycles. The van der Waals surface area contributed by atoms with E-state index in [1.807, 2.05) is 24.3 Å². The van der Waals surface area contributed by atoms with E-state index in [4.69, 9.17) is 9.47 Å². The number of quaternary nitrogens is 2. The maximum absolute atomic E-state index is 10.7. The van der Waals surface area contributed by atoms with Crippen LogP contribution in [-0.4, -0.2) is 122 Å². The van der Waals surface area contributed by atoms with Crippen LogP contribution in [0.1, 0.15) is 48.3 Å². The van der Waals surface area contributed by atoms with Gasteiger partial charge in [-0.25, -0.2) is 0 Å². The smallest absolute Gasteiger partial charge is 0.211 e. The van der Waals surface area contributed by atoms with Crippen LogP contribution >= 0.6 is 0 Å². The number of aliphatic hydroxyl groups excluding tert-OH is 2. The van der Waals surface area contributed by atoms with Crippen molar-refractivity contribution in [1.29, 1.82) is 0 Å². The summed E-state index contributed by atoms with van der Waals surface area (Å²) in [6, 6.07) is 26.1. The van der Waals surface area contributed by atoms with E-state index in [-0.39, 0.29) is 35.0 Å². The molecule has 0 spiro atoms. The zero-order valence-electron chi connectivity index (χ0n) is 36.5. The number of benzene rings is 4. The van der Waals surface area contributed by atoms with E-state index in [0.717, 1.165) is 24.3 Å². The number of nitrogens with one attached hydrogen (secondary N) is 2. The van der Waals surface area contributed by atoms with Gasteiger partial charge in [0.1, 0.15) is 48.3 Å². The van der Waals surface area contributed by atoms with E-state index in [9.17, 15) is 49.8 Å². The molecule has 4 rings (SSSR count). The molecule has 4 atom stereocenters. The van der Waals surface area contributed by atoms with Crippen LogP contribution in [0.4, 0.5) is 11.4 Å². The number of ether oxygens (including phenoxy) is 2. The molecule has 4 aromatic rings. The first-order chi connectivity index (χ1) is 29.2. The fourth-order valence-electron chi connectivity index (χ4n) is 6.18. The lowest BCUT2D eigenvalue weighted by Gasteiger charge is -2.38. The molecule has 16 heteroatoms. The number of aliphatic hydroxyl groups is 2. The van der Waals surface area contributed by atoms with Gasteiger partial charge in [0.25, 0.3) is 0 Å². The Morgan fingerprint density at radius 3 is 1.21 bits per heavy atom. The maximum Gasteiger partial charge on any atom is 0.211 e. The third-order valence-electron chi connectivity index (χ3n) is 10.6. The number of carboxylic acid groups (broad SMARTS) is 2. The molecule has 0 aliphatic rings. The lowest BCUT2D eigenvalue weighted by Crippen LogP contribution is -2.50. The minimum Gasteiger partial charge on any atom is -0.545 e. The molecule has 0 bridgehead atoms. The van der Waals surface area contributed by atoms with Crippen molar-refractivity contribution in [2.45, 2.75) is 51.0 Å². The minimum absolute atomic E-state index is 0.0281. The summed E-state index contributed by atoms with van der Waals surface area (Å²) in [7, 11) is 11.6. The van der Waals surface area contributed by atoms with E-state index < -0.39 is 24.1 Å². The Hall–Kier alpha value is -6.46. The van der Waals surface area contributed by atoms with E-state index in [2.05, 4.69) is 76.9 Å². The highest BCUT2D eigenvalue weighted by atomic mass is 16.5. The number of carboxylic acids is 2.